The van der Waals surface area contributed by atoms with Crippen LogP contribution in [-0.2, 0) is 0 Å². The molecule has 0 saturated heterocycles. The van der Waals surface area contributed by atoms with Gasteiger partial charge in [-0.2, -0.15) is 10.4 Å². The number of nitriles is 1. The second kappa shape index (κ2) is 8.19. The number of carbonyl (C=O) groups is 1. The normalized spacial score (nSPS) is 10.3. The Morgan fingerprint density at radius 1 is 1.19 bits per heavy atom. The molecule has 27 heavy (non-hydrogen) atoms. The largest absolute Gasteiger partial charge is 0.496 e. The molecule has 136 valence electrons. The number of amides is 1. The van der Waals surface area contributed by atoms with Crippen molar-refractivity contribution in [1.82, 2.24) is 14.7 Å². The maximum atomic E-state index is 13.0. The van der Waals surface area contributed by atoms with Crippen molar-refractivity contribution in [3.63, 3.8) is 0 Å². The number of nitrogens with zero attached hydrogens (tertiary/aromatic N) is 4. The van der Waals surface area contributed by atoms with Gasteiger partial charge in [0.15, 0.2) is 0 Å². The van der Waals surface area contributed by atoms with Gasteiger partial charge in [0.2, 0.25) is 0 Å². The van der Waals surface area contributed by atoms with Crippen LogP contribution in [0.15, 0.2) is 60.8 Å². The van der Waals surface area contributed by atoms with Gasteiger partial charge in [-0.05, 0) is 24.3 Å². The summed E-state index contributed by atoms with van der Waals surface area (Å²) in [4.78, 5) is 14.5. The Morgan fingerprint density at radius 3 is 2.59 bits per heavy atom. The van der Waals surface area contributed by atoms with Gasteiger partial charge in [-0.1, -0.05) is 30.3 Å². The number of hydrogen-bond donors (Lipinski definition) is 0. The molecule has 0 aliphatic carbocycles. The first-order valence-electron chi connectivity index (χ1n) is 8.56. The minimum Gasteiger partial charge on any atom is -0.496 e. The van der Waals surface area contributed by atoms with Gasteiger partial charge in [0.05, 0.1) is 30.9 Å². The summed E-state index contributed by atoms with van der Waals surface area (Å²) >= 11 is 0. The van der Waals surface area contributed by atoms with E-state index in [1.165, 1.54) is 4.90 Å². The Labute approximate surface area is 158 Å². The molecular weight excluding hydrogens is 340 g/mol. The van der Waals surface area contributed by atoms with Crippen LogP contribution in [0.2, 0.25) is 0 Å². The summed E-state index contributed by atoms with van der Waals surface area (Å²) in [7, 11) is 3.28. The molecule has 0 unspecified atom stereocenters. The van der Waals surface area contributed by atoms with E-state index < -0.39 is 0 Å². The SMILES string of the molecule is COc1ccccc1-c1nn(-c2ccccc2)cc1C(=O)N(C)CCC#N. The Morgan fingerprint density at radius 2 is 1.89 bits per heavy atom. The van der Waals surface area contributed by atoms with Crippen LogP contribution in [0, 0.1) is 11.3 Å². The van der Waals surface area contributed by atoms with Gasteiger partial charge >= 0.3 is 0 Å². The van der Waals surface area contributed by atoms with Crippen molar-refractivity contribution in [2.24, 2.45) is 0 Å². The second-order valence-corrected chi connectivity index (χ2v) is 6.01. The number of para-hydroxylation sites is 2. The molecular formula is C21H20N4O2. The fourth-order valence-corrected chi connectivity index (χ4v) is 2.81. The standard InChI is InChI=1S/C21H20N4O2/c1-24(14-8-13-22)21(26)18-15-25(16-9-4-3-5-10-16)23-20(18)17-11-6-7-12-19(17)27-2/h3-7,9-12,15H,8,14H2,1-2H3. The van der Waals surface area contributed by atoms with Gasteiger partial charge in [-0.15, -0.1) is 0 Å². The van der Waals surface area contributed by atoms with E-state index in [-0.39, 0.29) is 12.3 Å². The van der Waals surface area contributed by atoms with Gasteiger partial charge in [0.25, 0.3) is 5.91 Å². The number of carbonyl (C=O) groups excluding carboxylic acids is 1. The molecule has 6 nitrogen and oxygen atoms in total. The van der Waals surface area contributed by atoms with E-state index in [4.69, 9.17) is 10.00 Å². The van der Waals surface area contributed by atoms with Crippen LogP contribution >= 0.6 is 0 Å². The molecule has 0 aliphatic rings. The topological polar surface area (TPSA) is 71.2 Å². The van der Waals surface area contributed by atoms with Gasteiger partial charge in [-0.25, -0.2) is 4.68 Å². The minimum atomic E-state index is -0.187. The molecule has 0 fully saturated rings. The summed E-state index contributed by atoms with van der Waals surface area (Å²) in [6.45, 7) is 0.358. The summed E-state index contributed by atoms with van der Waals surface area (Å²) in [6.07, 6.45) is 2.00. The van der Waals surface area contributed by atoms with Crippen LogP contribution in [0.4, 0.5) is 0 Å². The molecule has 0 saturated carbocycles. The zero-order valence-corrected chi connectivity index (χ0v) is 15.3. The van der Waals surface area contributed by atoms with E-state index in [1.807, 2.05) is 54.6 Å². The van der Waals surface area contributed by atoms with Crippen LogP contribution in [0.1, 0.15) is 16.8 Å². The average molecular weight is 360 g/mol. The quantitative estimate of drug-likeness (QED) is 0.674. The van der Waals surface area contributed by atoms with Gasteiger partial charge in [0.1, 0.15) is 11.4 Å². The molecule has 3 rings (SSSR count). The molecule has 3 aromatic rings. The molecule has 1 heterocycles. The van der Waals surface area contributed by atoms with Crippen molar-refractivity contribution in [3.05, 3.63) is 66.4 Å². The van der Waals surface area contributed by atoms with Crippen LogP contribution in [0.3, 0.4) is 0 Å². The summed E-state index contributed by atoms with van der Waals surface area (Å²) in [5.41, 5.74) is 2.60. The molecule has 0 bridgehead atoms. The number of rotatable bonds is 6. The summed E-state index contributed by atoms with van der Waals surface area (Å²) in [5.74, 6) is 0.456. The molecule has 0 aliphatic heterocycles. The Bertz CT molecular complexity index is 973. The van der Waals surface area contributed by atoms with Crippen LogP contribution in [-0.4, -0.2) is 41.3 Å². The molecule has 0 atom stereocenters. The van der Waals surface area contributed by atoms with E-state index in [0.717, 1.165) is 11.3 Å². The first kappa shape index (κ1) is 18.2. The Balaban J connectivity index is 2.11. The van der Waals surface area contributed by atoms with Crippen molar-refractivity contribution in [1.29, 1.82) is 5.26 Å². The number of hydrogen-bond acceptors (Lipinski definition) is 4. The van der Waals surface area contributed by atoms with Crippen molar-refractivity contribution in [3.8, 4) is 28.8 Å². The first-order chi connectivity index (χ1) is 13.2. The molecule has 2 aromatic carbocycles. The predicted molar refractivity (Wildman–Crippen MR) is 103 cm³/mol. The van der Waals surface area contributed by atoms with Crippen molar-refractivity contribution in [2.75, 3.05) is 20.7 Å². The molecule has 1 amide bonds. The third-order valence-electron chi connectivity index (χ3n) is 4.23. The first-order valence-corrected chi connectivity index (χ1v) is 8.56. The van der Waals surface area contributed by atoms with Crippen molar-refractivity contribution in [2.45, 2.75) is 6.42 Å². The van der Waals surface area contributed by atoms with E-state index in [9.17, 15) is 4.79 Å². The average Bonchev–Trinajstić information content (AvgIpc) is 3.17. The summed E-state index contributed by atoms with van der Waals surface area (Å²) in [6, 6.07) is 19.1. The van der Waals surface area contributed by atoms with Crippen molar-refractivity contribution >= 4 is 5.91 Å². The van der Waals surface area contributed by atoms with Crippen LogP contribution < -0.4 is 4.74 Å². The molecule has 0 N–H and O–H groups in total. The van der Waals surface area contributed by atoms with Gasteiger partial charge in [-0.3, -0.25) is 4.79 Å². The van der Waals surface area contributed by atoms with Crippen LogP contribution in [0.5, 0.6) is 5.75 Å². The fraction of sp³-hybridized carbons (Fsp3) is 0.190. The highest BCUT2D eigenvalue weighted by Gasteiger charge is 2.23. The van der Waals surface area contributed by atoms with Crippen LogP contribution in [0.25, 0.3) is 16.9 Å². The smallest absolute Gasteiger partial charge is 0.257 e. The Hall–Kier alpha value is -3.59. The lowest BCUT2D eigenvalue weighted by molar-refractivity contribution is 0.0798. The highest BCUT2D eigenvalue weighted by molar-refractivity contribution is 6.00. The lowest BCUT2D eigenvalue weighted by Crippen LogP contribution is -2.27. The highest BCUT2D eigenvalue weighted by Crippen LogP contribution is 2.32. The molecule has 6 heteroatoms. The maximum absolute atomic E-state index is 13.0. The maximum Gasteiger partial charge on any atom is 0.257 e. The zero-order chi connectivity index (χ0) is 19.2. The van der Waals surface area contributed by atoms with Gasteiger partial charge < -0.3 is 9.64 Å². The molecule has 0 spiro atoms. The highest BCUT2D eigenvalue weighted by atomic mass is 16.5. The minimum absolute atomic E-state index is 0.187. The second-order valence-electron chi connectivity index (χ2n) is 6.01. The predicted octanol–water partition coefficient (Wildman–Crippen LogP) is 3.53. The molecule has 1 aromatic heterocycles. The number of ether oxygens (including phenoxy) is 1. The number of aromatic nitrogens is 2. The van der Waals surface area contributed by atoms with E-state index in [1.54, 1.807) is 25.0 Å². The fourth-order valence-electron chi connectivity index (χ4n) is 2.81. The monoisotopic (exact) mass is 360 g/mol. The van der Waals surface area contributed by atoms with E-state index >= 15 is 0 Å². The van der Waals surface area contributed by atoms with E-state index in [2.05, 4.69) is 11.2 Å². The molecule has 0 radical (unpaired) electrons. The van der Waals surface area contributed by atoms with Crippen molar-refractivity contribution < 1.29 is 9.53 Å². The lowest BCUT2D eigenvalue weighted by Gasteiger charge is -2.15. The third-order valence-corrected chi connectivity index (χ3v) is 4.23. The Kier molecular flexibility index (Phi) is 5.53. The third kappa shape index (κ3) is 3.82. The zero-order valence-electron chi connectivity index (χ0n) is 15.3. The number of benzene rings is 2. The van der Waals surface area contributed by atoms with Gasteiger partial charge in [0, 0.05) is 25.4 Å². The lowest BCUT2D eigenvalue weighted by atomic mass is 10.1. The summed E-state index contributed by atoms with van der Waals surface area (Å²) in [5, 5.41) is 13.5. The summed E-state index contributed by atoms with van der Waals surface area (Å²) < 4.78 is 7.15. The number of methoxy groups -OCH3 is 1. The van der Waals surface area contributed by atoms with E-state index in [0.29, 0.717) is 23.6 Å².